The molecule has 2 rings (SSSR count). The lowest BCUT2D eigenvalue weighted by Crippen LogP contribution is -2.12. The highest BCUT2D eigenvalue weighted by molar-refractivity contribution is 9.10. The largest absolute Gasteiger partial charge is 0.496 e. The maximum absolute atomic E-state index is 11.3. The third kappa shape index (κ3) is 4.22. The Labute approximate surface area is 146 Å². The monoisotopic (exact) mass is 416 g/mol. The number of rotatable bonds is 6. The van der Waals surface area contributed by atoms with Gasteiger partial charge < -0.3 is 9.47 Å². The van der Waals surface area contributed by atoms with E-state index in [2.05, 4.69) is 15.9 Å². The number of methoxy groups -OCH3 is 1. The van der Waals surface area contributed by atoms with Gasteiger partial charge in [0, 0.05) is 16.1 Å². The zero-order valence-corrected chi connectivity index (χ0v) is 14.8. The number of ether oxygens (including phenoxy) is 2. The number of benzene rings is 2. The molecule has 0 aromatic heterocycles. The molecule has 0 saturated carbocycles. The first-order chi connectivity index (χ1) is 11.2. The number of hydrogen-bond acceptors (Lipinski definition) is 6. The smallest absolute Gasteiger partial charge is 0.312 e. The van der Waals surface area contributed by atoms with Crippen LogP contribution in [0, 0.1) is 10.1 Å². The van der Waals surface area contributed by atoms with E-state index in [1.807, 2.05) is 0 Å². The van der Waals surface area contributed by atoms with Crippen LogP contribution in [0.4, 0.5) is 5.69 Å². The Hall–Kier alpha value is -2.17. The average Bonchev–Trinajstić information content (AvgIpc) is 2.51. The van der Waals surface area contributed by atoms with Crippen molar-refractivity contribution in [2.24, 2.45) is 5.14 Å². The lowest BCUT2D eigenvalue weighted by atomic mass is 10.2. The summed E-state index contributed by atoms with van der Waals surface area (Å²) in [7, 11) is -2.55. The Morgan fingerprint density at radius 3 is 2.46 bits per heavy atom. The Kier molecular flexibility index (Phi) is 5.42. The third-order valence-electron chi connectivity index (χ3n) is 3.08. The van der Waals surface area contributed by atoms with E-state index in [9.17, 15) is 18.5 Å². The minimum atomic E-state index is -4.05. The van der Waals surface area contributed by atoms with Gasteiger partial charge in [0.1, 0.15) is 12.4 Å². The van der Waals surface area contributed by atoms with E-state index in [4.69, 9.17) is 14.6 Å². The lowest BCUT2D eigenvalue weighted by molar-refractivity contribution is -0.386. The molecule has 8 nitrogen and oxygen atoms in total. The Bertz CT molecular complexity index is 885. The van der Waals surface area contributed by atoms with E-state index in [1.165, 1.54) is 13.2 Å². The first-order valence-corrected chi connectivity index (χ1v) is 8.83. The topological polar surface area (TPSA) is 122 Å². The summed E-state index contributed by atoms with van der Waals surface area (Å²) in [5, 5.41) is 16.1. The lowest BCUT2D eigenvalue weighted by Gasteiger charge is -2.11. The second kappa shape index (κ2) is 7.16. The Morgan fingerprint density at radius 2 is 1.88 bits per heavy atom. The van der Waals surface area contributed by atoms with Crippen LogP contribution in [0.5, 0.6) is 11.5 Å². The van der Waals surface area contributed by atoms with Crippen LogP contribution in [0.15, 0.2) is 45.8 Å². The van der Waals surface area contributed by atoms with Crippen LogP contribution >= 0.6 is 15.9 Å². The number of nitro groups is 1. The van der Waals surface area contributed by atoms with Crippen molar-refractivity contribution < 1.29 is 22.8 Å². The molecule has 24 heavy (non-hydrogen) atoms. The summed E-state index contributed by atoms with van der Waals surface area (Å²) in [5.74, 6) is 0.483. The van der Waals surface area contributed by atoms with Crippen LogP contribution in [0.2, 0.25) is 0 Å². The van der Waals surface area contributed by atoms with Crippen molar-refractivity contribution in [3.05, 3.63) is 56.5 Å². The molecule has 128 valence electrons. The van der Waals surface area contributed by atoms with Gasteiger partial charge in [0.25, 0.3) is 0 Å². The second-order valence-corrected chi connectivity index (χ2v) is 7.15. The van der Waals surface area contributed by atoms with Gasteiger partial charge in [-0.05, 0) is 30.3 Å². The number of nitrogens with two attached hydrogens (primary N) is 1. The van der Waals surface area contributed by atoms with Gasteiger partial charge in [0.05, 0.1) is 16.9 Å². The van der Waals surface area contributed by atoms with Crippen molar-refractivity contribution in [3.8, 4) is 11.5 Å². The molecule has 0 aliphatic rings. The van der Waals surface area contributed by atoms with Gasteiger partial charge in [0.2, 0.25) is 10.0 Å². The van der Waals surface area contributed by atoms with Gasteiger partial charge >= 0.3 is 5.69 Å². The number of sulfonamides is 1. The van der Waals surface area contributed by atoms with Gasteiger partial charge in [-0.1, -0.05) is 15.9 Å². The maximum Gasteiger partial charge on any atom is 0.312 e. The number of nitro benzene ring substituents is 1. The molecule has 0 aliphatic carbocycles. The number of halogens is 1. The summed E-state index contributed by atoms with van der Waals surface area (Å²) in [4.78, 5) is 10.1. The molecule has 0 unspecified atom stereocenters. The fourth-order valence-electron chi connectivity index (χ4n) is 1.95. The van der Waals surface area contributed by atoms with E-state index in [-0.39, 0.29) is 17.3 Å². The van der Waals surface area contributed by atoms with Gasteiger partial charge in [-0.15, -0.1) is 0 Å². The van der Waals surface area contributed by atoms with E-state index in [0.717, 1.165) is 16.6 Å². The quantitative estimate of drug-likeness (QED) is 0.570. The van der Waals surface area contributed by atoms with Crippen LogP contribution in [0.1, 0.15) is 5.56 Å². The molecule has 2 aromatic rings. The molecule has 10 heteroatoms. The summed E-state index contributed by atoms with van der Waals surface area (Å²) >= 11 is 3.32. The van der Waals surface area contributed by atoms with Gasteiger partial charge in [0.15, 0.2) is 5.75 Å². The van der Waals surface area contributed by atoms with Gasteiger partial charge in [-0.3, -0.25) is 10.1 Å². The second-order valence-electron chi connectivity index (χ2n) is 4.68. The highest BCUT2D eigenvalue weighted by Crippen LogP contribution is 2.31. The van der Waals surface area contributed by atoms with E-state index in [0.29, 0.717) is 11.3 Å². The molecule has 0 amide bonds. The van der Waals surface area contributed by atoms with Crippen molar-refractivity contribution in [2.45, 2.75) is 11.5 Å². The standard InChI is InChI=1S/C14H13BrN2O6S/c1-22-13-4-2-10(15)6-9(13)8-23-14-5-3-11(24(16,20)21)7-12(14)17(18)19/h2-7H,8H2,1H3,(H2,16,20,21). The average molecular weight is 417 g/mol. The summed E-state index contributed by atoms with van der Waals surface area (Å²) < 4.78 is 34.1. The summed E-state index contributed by atoms with van der Waals surface area (Å²) in [6, 6.07) is 8.47. The van der Waals surface area contributed by atoms with Crippen molar-refractivity contribution in [3.63, 3.8) is 0 Å². The fourth-order valence-corrected chi connectivity index (χ4v) is 2.90. The minimum absolute atomic E-state index is 0.00181. The van der Waals surface area contributed by atoms with E-state index >= 15 is 0 Å². The molecule has 2 aromatic carbocycles. The van der Waals surface area contributed by atoms with Crippen molar-refractivity contribution in [1.29, 1.82) is 0 Å². The molecule has 0 saturated heterocycles. The summed E-state index contributed by atoms with van der Waals surface area (Å²) in [6.45, 7) is -0.00181. The summed E-state index contributed by atoms with van der Waals surface area (Å²) in [6.07, 6.45) is 0. The van der Waals surface area contributed by atoms with Crippen LogP contribution in [-0.4, -0.2) is 20.5 Å². The number of primary sulfonamides is 1. The third-order valence-corrected chi connectivity index (χ3v) is 4.49. The van der Waals surface area contributed by atoms with Crippen LogP contribution in [-0.2, 0) is 16.6 Å². The first kappa shape index (κ1) is 18.2. The van der Waals surface area contributed by atoms with Crippen LogP contribution in [0.25, 0.3) is 0 Å². The molecule has 2 N–H and O–H groups in total. The molecule has 0 aliphatic heterocycles. The highest BCUT2D eigenvalue weighted by Gasteiger charge is 2.20. The Balaban J connectivity index is 2.33. The zero-order valence-electron chi connectivity index (χ0n) is 12.4. The SMILES string of the molecule is COc1ccc(Br)cc1COc1ccc(S(N)(=O)=O)cc1[N+](=O)[O-]. The zero-order chi connectivity index (χ0) is 17.9. The molecule has 0 heterocycles. The van der Waals surface area contributed by atoms with E-state index in [1.54, 1.807) is 18.2 Å². The number of nitrogens with zero attached hydrogens (tertiary/aromatic N) is 1. The van der Waals surface area contributed by atoms with Crippen LogP contribution < -0.4 is 14.6 Å². The molecule has 0 atom stereocenters. The van der Waals surface area contributed by atoms with Crippen molar-refractivity contribution >= 4 is 31.6 Å². The molecule has 0 fully saturated rings. The predicted molar refractivity (Wildman–Crippen MR) is 89.5 cm³/mol. The summed E-state index contributed by atoms with van der Waals surface area (Å²) in [5.41, 5.74) is 0.173. The van der Waals surface area contributed by atoms with Crippen molar-refractivity contribution in [1.82, 2.24) is 0 Å². The Morgan fingerprint density at radius 1 is 1.21 bits per heavy atom. The van der Waals surface area contributed by atoms with Crippen molar-refractivity contribution in [2.75, 3.05) is 7.11 Å². The number of hydrogen-bond donors (Lipinski definition) is 1. The molecular formula is C14H13BrN2O6S. The molecule has 0 spiro atoms. The normalized spacial score (nSPS) is 11.1. The van der Waals surface area contributed by atoms with Gasteiger partial charge in [-0.2, -0.15) is 0 Å². The fraction of sp³-hybridized carbons (Fsp3) is 0.143. The maximum atomic E-state index is 11.3. The van der Waals surface area contributed by atoms with E-state index < -0.39 is 20.6 Å². The minimum Gasteiger partial charge on any atom is -0.496 e. The van der Waals surface area contributed by atoms with Crippen LogP contribution in [0.3, 0.4) is 0 Å². The first-order valence-electron chi connectivity index (χ1n) is 6.49. The molecular weight excluding hydrogens is 404 g/mol. The highest BCUT2D eigenvalue weighted by atomic mass is 79.9. The predicted octanol–water partition coefficient (Wildman–Crippen LogP) is 2.59. The van der Waals surface area contributed by atoms with Gasteiger partial charge in [-0.25, -0.2) is 13.6 Å². The molecule has 0 bridgehead atoms. The molecule has 0 radical (unpaired) electrons.